The summed E-state index contributed by atoms with van der Waals surface area (Å²) >= 11 is 5.77. The van der Waals surface area contributed by atoms with Crippen molar-refractivity contribution in [1.82, 2.24) is 4.90 Å². The van der Waals surface area contributed by atoms with E-state index >= 15 is 0 Å². The monoisotopic (exact) mass is 251 g/mol. The van der Waals surface area contributed by atoms with Gasteiger partial charge in [-0.15, -0.1) is 11.6 Å². The fourth-order valence-corrected chi connectivity index (χ4v) is 2.89. The van der Waals surface area contributed by atoms with Crippen LogP contribution in [0.5, 0.6) is 0 Å². The topological polar surface area (TPSA) is 3.24 Å². The Labute approximate surface area is 110 Å². The zero-order chi connectivity index (χ0) is 11.9. The van der Waals surface area contributed by atoms with Crippen molar-refractivity contribution in [2.24, 2.45) is 5.92 Å². The minimum atomic E-state index is 0.815. The smallest absolute Gasteiger partial charge is 0.0233 e. The predicted octanol–water partition coefficient (Wildman–Crippen LogP) is 3.92. The van der Waals surface area contributed by atoms with Gasteiger partial charge in [0, 0.05) is 19.0 Å². The van der Waals surface area contributed by atoms with Crippen molar-refractivity contribution >= 4 is 11.6 Å². The lowest BCUT2D eigenvalue weighted by molar-refractivity contribution is 0.161. The Kier molecular flexibility index (Phi) is 5.34. The van der Waals surface area contributed by atoms with Gasteiger partial charge in [0.2, 0.25) is 0 Å². The van der Waals surface area contributed by atoms with Crippen LogP contribution < -0.4 is 0 Å². The fourth-order valence-electron chi connectivity index (χ4n) is 2.74. The van der Waals surface area contributed by atoms with Crippen LogP contribution in [0.3, 0.4) is 0 Å². The average molecular weight is 252 g/mol. The Morgan fingerprint density at radius 1 is 1.24 bits per heavy atom. The van der Waals surface area contributed by atoms with Gasteiger partial charge in [-0.2, -0.15) is 0 Å². The molecule has 1 fully saturated rings. The quantitative estimate of drug-likeness (QED) is 0.717. The summed E-state index contributed by atoms with van der Waals surface area (Å²) in [4.78, 5) is 2.59. The Hall–Kier alpha value is -0.530. The molecule has 1 saturated heterocycles. The number of benzene rings is 1. The first-order chi connectivity index (χ1) is 8.38. The van der Waals surface area contributed by atoms with Gasteiger partial charge in [-0.3, -0.25) is 4.90 Å². The van der Waals surface area contributed by atoms with Crippen molar-refractivity contribution in [3.05, 3.63) is 35.9 Å². The third-order valence-electron chi connectivity index (χ3n) is 3.60. The lowest BCUT2D eigenvalue weighted by Gasteiger charge is -2.32. The number of piperidine rings is 1. The number of halogens is 1. The van der Waals surface area contributed by atoms with Crippen molar-refractivity contribution in [1.29, 1.82) is 0 Å². The van der Waals surface area contributed by atoms with Crippen LogP contribution in [0.25, 0.3) is 0 Å². The summed E-state index contributed by atoms with van der Waals surface area (Å²) in [6.45, 7) is 3.62. The first kappa shape index (κ1) is 12.9. The number of hydrogen-bond acceptors (Lipinski definition) is 1. The third kappa shape index (κ3) is 4.33. The van der Waals surface area contributed by atoms with Gasteiger partial charge in [0.25, 0.3) is 0 Å². The molecule has 0 spiro atoms. The molecule has 2 rings (SSSR count). The largest absolute Gasteiger partial charge is 0.299 e. The zero-order valence-electron chi connectivity index (χ0n) is 10.4. The van der Waals surface area contributed by atoms with Gasteiger partial charge in [0.15, 0.2) is 0 Å². The molecule has 0 aromatic heterocycles. The second kappa shape index (κ2) is 7.03. The zero-order valence-corrected chi connectivity index (χ0v) is 11.2. The summed E-state index contributed by atoms with van der Waals surface area (Å²) in [5.74, 6) is 1.68. The van der Waals surface area contributed by atoms with Crippen molar-refractivity contribution in [3.63, 3.8) is 0 Å². The molecule has 1 aromatic rings. The van der Waals surface area contributed by atoms with Crippen LogP contribution in [-0.4, -0.2) is 23.9 Å². The van der Waals surface area contributed by atoms with Crippen LogP contribution in [0.2, 0.25) is 0 Å². The molecule has 1 atom stereocenters. The van der Waals surface area contributed by atoms with Crippen molar-refractivity contribution in [3.8, 4) is 0 Å². The summed E-state index contributed by atoms with van der Waals surface area (Å²) in [5.41, 5.74) is 1.44. The van der Waals surface area contributed by atoms with Crippen LogP contribution in [0.1, 0.15) is 31.2 Å². The van der Waals surface area contributed by atoms with E-state index in [0.717, 1.165) is 18.3 Å². The fraction of sp³-hybridized carbons (Fsp3) is 0.600. The van der Waals surface area contributed by atoms with E-state index in [1.54, 1.807) is 0 Å². The van der Waals surface area contributed by atoms with Gasteiger partial charge in [0.05, 0.1) is 0 Å². The second-order valence-corrected chi connectivity index (χ2v) is 5.44. The number of hydrogen-bond donors (Lipinski definition) is 0. The average Bonchev–Trinajstić information content (AvgIpc) is 2.38. The van der Waals surface area contributed by atoms with E-state index in [9.17, 15) is 0 Å². The van der Waals surface area contributed by atoms with Crippen LogP contribution in [-0.2, 0) is 6.54 Å². The molecule has 1 aromatic carbocycles. The Morgan fingerprint density at radius 2 is 2.06 bits per heavy atom. The molecule has 0 saturated carbocycles. The molecule has 1 aliphatic rings. The molecular weight excluding hydrogens is 230 g/mol. The van der Waals surface area contributed by atoms with Crippen LogP contribution in [0, 0.1) is 5.92 Å². The molecule has 0 aliphatic carbocycles. The summed E-state index contributed by atoms with van der Waals surface area (Å²) in [7, 11) is 0. The van der Waals surface area contributed by atoms with E-state index in [-0.39, 0.29) is 0 Å². The normalized spacial score (nSPS) is 21.6. The third-order valence-corrected chi connectivity index (χ3v) is 3.87. The van der Waals surface area contributed by atoms with Gasteiger partial charge in [-0.05, 0) is 43.7 Å². The van der Waals surface area contributed by atoms with E-state index in [1.165, 1.54) is 44.3 Å². The molecule has 0 unspecified atom stereocenters. The first-order valence-electron chi connectivity index (χ1n) is 6.70. The molecular formula is C15H22ClN. The van der Waals surface area contributed by atoms with E-state index in [2.05, 4.69) is 35.2 Å². The van der Waals surface area contributed by atoms with E-state index in [1.807, 2.05) is 0 Å². The summed E-state index contributed by atoms with van der Waals surface area (Å²) in [5, 5.41) is 0. The highest BCUT2D eigenvalue weighted by molar-refractivity contribution is 6.17. The molecule has 0 N–H and O–H groups in total. The maximum Gasteiger partial charge on any atom is 0.0233 e. The lowest BCUT2D eigenvalue weighted by atomic mass is 9.93. The molecule has 94 valence electrons. The van der Waals surface area contributed by atoms with Gasteiger partial charge in [-0.1, -0.05) is 30.3 Å². The van der Waals surface area contributed by atoms with Gasteiger partial charge in [0.1, 0.15) is 0 Å². The highest BCUT2D eigenvalue weighted by atomic mass is 35.5. The molecule has 1 aliphatic heterocycles. The SMILES string of the molecule is ClCCC[C@@H]1CCCN(Cc2ccccc2)C1. The van der Waals surface area contributed by atoms with Crippen LogP contribution >= 0.6 is 11.6 Å². The standard InChI is InChI=1S/C15H22ClN/c16-10-4-8-15-9-5-11-17(13-15)12-14-6-2-1-3-7-14/h1-3,6-7,15H,4-5,8-13H2/t15-/m1/s1. The van der Waals surface area contributed by atoms with E-state index in [4.69, 9.17) is 11.6 Å². The Bertz CT molecular complexity index is 312. The van der Waals surface area contributed by atoms with Crippen molar-refractivity contribution < 1.29 is 0 Å². The molecule has 1 heterocycles. The molecule has 17 heavy (non-hydrogen) atoms. The van der Waals surface area contributed by atoms with Crippen molar-refractivity contribution in [2.45, 2.75) is 32.2 Å². The van der Waals surface area contributed by atoms with Gasteiger partial charge >= 0.3 is 0 Å². The van der Waals surface area contributed by atoms with Gasteiger partial charge in [-0.25, -0.2) is 0 Å². The number of likely N-dealkylation sites (tertiary alicyclic amines) is 1. The molecule has 2 heteroatoms. The number of nitrogens with zero attached hydrogens (tertiary/aromatic N) is 1. The van der Waals surface area contributed by atoms with E-state index < -0.39 is 0 Å². The van der Waals surface area contributed by atoms with Crippen LogP contribution in [0.4, 0.5) is 0 Å². The predicted molar refractivity (Wildman–Crippen MR) is 74.4 cm³/mol. The molecule has 1 nitrogen and oxygen atoms in total. The maximum atomic E-state index is 5.77. The molecule has 0 amide bonds. The minimum absolute atomic E-state index is 0.815. The summed E-state index contributed by atoms with van der Waals surface area (Å²) in [6, 6.07) is 10.8. The minimum Gasteiger partial charge on any atom is -0.299 e. The van der Waals surface area contributed by atoms with Crippen LogP contribution in [0.15, 0.2) is 30.3 Å². The number of alkyl halides is 1. The molecule has 0 radical (unpaired) electrons. The second-order valence-electron chi connectivity index (χ2n) is 5.06. The highest BCUT2D eigenvalue weighted by Gasteiger charge is 2.19. The summed E-state index contributed by atoms with van der Waals surface area (Å²) < 4.78 is 0. The molecule has 0 bridgehead atoms. The Morgan fingerprint density at radius 3 is 2.82 bits per heavy atom. The van der Waals surface area contributed by atoms with E-state index in [0.29, 0.717) is 0 Å². The summed E-state index contributed by atoms with van der Waals surface area (Å²) in [6.07, 6.45) is 5.21. The number of rotatable bonds is 5. The lowest BCUT2D eigenvalue weighted by Crippen LogP contribution is -2.34. The van der Waals surface area contributed by atoms with Gasteiger partial charge < -0.3 is 0 Å². The van der Waals surface area contributed by atoms with Crippen molar-refractivity contribution in [2.75, 3.05) is 19.0 Å². The first-order valence-corrected chi connectivity index (χ1v) is 7.24. The maximum absolute atomic E-state index is 5.77. The highest BCUT2D eigenvalue weighted by Crippen LogP contribution is 2.22. The Balaban J connectivity index is 1.81.